The van der Waals surface area contributed by atoms with Crippen LogP contribution in [0.25, 0.3) is 0 Å². The lowest BCUT2D eigenvalue weighted by molar-refractivity contribution is -0.276. The Morgan fingerprint density at radius 3 is 2.75 bits per heavy atom. The Kier molecular flexibility index (Phi) is 3.70. The first-order chi connectivity index (χ1) is 7.44. The zero-order chi connectivity index (χ0) is 12.2. The number of pyridine rings is 1. The van der Waals surface area contributed by atoms with Gasteiger partial charge in [0.2, 0.25) is 5.88 Å². The molecule has 0 fully saturated rings. The number of carbonyl (C=O) groups is 1. The first-order valence-corrected chi connectivity index (χ1v) is 4.32. The summed E-state index contributed by atoms with van der Waals surface area (Å²) in [7, 11) is 0. The molecule has 1 aromatic rings. The summed E-state index contributed by atoms with van der Waals surface area (Å²) in [4.78, 5) is 14.6. The SMILES string of the molecule is CCOC(=O)c1cccnc1OC(F)(F)F. The minimum absolute atomic E-state index is 0.0547. The first kappa shape index (κ1) is 12.3. The fourth-order valence-corrected chi connectivity index (χ4v) is 0.946. The third-order valence-corrected chi connectivity index (χ3v) is 1.48. The van der Waals surface area contributed by atoms with Gasteiger partial charge in [-0.1, -0.05) is 0 Å². The molecule has 0 aliphatic rings. The minimum atomic E-state index is -4.89. The second-order valence-electron chi connectivity index (χ2n) is 2.62. The number of ether oxygens (including phenoxy) is 2. The van der Waals surface area contributed by atoms with Crippen molar-refractivity contribution in [3.63, 3.8) is 0 Å². The van der Waals surface area contributed by atoms with E-state index in [2.05, 4.69) is 14.5 Å². The third kappa shape index (κ3) is 3.41. The largest absolute Gasteiger partial charge is 0.574 e. The normalized spacial score (nSPS) is 11.0. The number of aromatic nitrogens is 1. The van der Waals surface area contributed by atoms with Crippen molar-refractivity contribution in [3.05, 3.63) is 23.9 Å². The minimum Gasteiger partial charge on any atom is -0.462 e. The second-order valence-corrected chi connectivity index (χ2v) is 2.62. The summed E-state index contributed by atoms with van der Waals surface area (Å²) in [6.07, 6.45) is -3.81. The van der Waals surface area contributed by atoms with Crippen LogP contribution in [0.2, 0.25) is 0 Å². The first-order valence-electron chi connectivity index (χ1n) is 4.32. The molecule has 0 aliphatic carbocycles. The van der Waals surface area contributed by atoms with Gasteiger partial charge in [0.05, 0.1) is 6.61 Å². The van der Waals surface area contributed by atoms with Crippen LogP contribution >= 0.6 is 0 Å². The van der Waals surface area contributed by atoms with Gasteiger partial charge >= 0.3 is 12.3 Å². The van der Waals surface area contributed by atoms with Crippen molar-refractivity contribution in [1.82, 2.24) is 4.98 Å². The number of halogens is 3. The molecular weight excluding hydrogens is 227 g/mol. The molecule has 0 saturated heterocycles. The Bertz CT molecular complexity index is 379. The molecule has 1 aromatic heterocycles. The van der Waals surface area contributed by atoms with Crippen molar-refractivity contribution < 1.29 is 27.4 Å². The Hall–Kier alpha value is -1.79. The van der Waals surface area contributed by atoms with Gasteiger partial charge in [-0.25, -0.2) is 9.78 Å². The van der Waals surface area contributed by atoms with Crippen molar-refractivity contribution in [2.75, 3.05) is 6.61 Å². The molecule has 0 N–H and O–H groups in total. The molecule has 1 heterocycles. The molecular formula is C9H8F3NO3. The highest BCUT2D eigenvalue weighted by atomic mass is 19.4. The van der Waals surface area contributed by atoms with Gasteiger partial charge in [0.1, 0.15) is 5.56 Å². The van der Waals surface area contributed by atoms with E-state index in [0.29, 0.717) is 0 Å². The molecule has 0 saturated carbocycles. The highest BCUT2D eigenvalue weighted by Gasteiger charge is 2.33. The summed E-state index contributed by atoms with van der Waals surface area (Å²) in [5, 5.41) is 0. The molecule has 0 radical (unpaired) electrons. The summed E-state index contributed by atoms with van der Waals surface area (Å²) in [5.41, 5.74) is -0.360. The maximum atomic E-state index is 12.0. The van der Waals surface area contributed by atoms with Crippen LogP contribution < -0.4 is 4.74 Å². The number of esters is 1. The van der Waals surface area contributed by atoms with Gasteiger partial charge in [0.25, 0.3) is 0 Å². The Morgan fingerprint density at radius 1 is 1.50 bits per heavy atom. The van der Waals surface area contributed by atoms with Crippen LogP contribution in [0.3, 0.4) is 0 Å². The molecule has 0 unspecified atom stereocenters. The van der Waals surface area contributed by atoms with Crippen LogP contribution in [0.5, 0.6) is 5.88 Å². The molecule has 88 valence electrons. The molecule has 0 amide bonds. The molecule has 16 heavy (non-hydrogen) atoms. The molecule has 0 spiro atoms. The monoisotopic (exact) mass is 235 g/mol. The molecule has 0 aromatic carbocycles. The average molecular weight is 235 g/mol. The van der Waals surface area contributed by atoms with E-state index in [9.17, 15) is 18.0 Å². The standard InChI is InChI=1S/C9H8F3NO3/c1-2-15-8(14)6-4-3-5-13-7(6)16-9(10,11)12/h3-5H,2H2,1H3. The van der Waals surface area contributed by atoms with Gasteiger partial charge in [-0.15, -0.1) is 13.2 Å². The number of carbonyl (C=O) groups excluding carboxylic acids is 1. The predicted octanol–water partition coefficient (Wildman–Crippen LogP) is 2.16. The fraction of sp³-hybridized carbons (Fsp3) is 0.333. The molecule has 1 rings (SSSR count). The van der Waals surface area contributed by atoms with Crippen molar-refractivity contribution in [1.29, 1.82) is 0 Å². The smallest absolute Gasteiger partial charge is 0.462 e. The lowest BCUT2D eigenvalue weighted by Gasteiger charge is -2.10. The van der Waals surface area contributed by atoms with Gasteiger partial charge in [-0.3, -0.25) is 0 Å². The number of rotatable bonds is 3. The summed E-state index contributed by atoms with van der Waals surface area (Å²) in [6.45, 7) is 1.59. The summed E-state index contributed by atoms with van der Waals surface area (Å²) < 4.78 is 44.0. The number of hydrogen-bond acceptors (Lipinski definition) is 4. The number of alkyl halides is 3. The third-order valence-electron chi connectivity index (χ3n) is 1.48. The van der Waals surface area contributed by atoms with Crippen LogP contribution in [-0.2, 0) is 4.74 Å². The molecule has 4 nitrogen and oxygen atoms in total. The maximum absolute atomic E-state index is 12.0. The van der Waals surface area contributed by atoms with E-state index < -0.39 is 18.2 Å². The van der Waals surface area contributed by atoms with E-state index in [0.717, 1.165) is 12.3 Å². The van der Waals surface area contributed by atoms with E-state index in [4.69, 9.17) is 0 Å². The average Bonchev–Trinajstić information content (AvgIpc) is 2.16. The summed E-state index contributed by atoms with van der Waals surface area (Å²) in [6, 6.07) is 2.46. The molecule has 0 atom stereocenters. The van der Waals surface area contributed by atoms with Crippen LogP contribution in [0, 0.1) is 0 Å². The number of nitrogens with zero attached hydrogens (tertiary/aromatic N) is 1. The van der Waals surface area contributed by atoms with Crippen molar-refractivity contribution in [3.8, 4) is 5.88 Å². The Balaban J connectivity index is 2.96. The quantitative estimate of drug-likeness (QED) is 0.753. The highest BCUT2D eigenvalue weighted by Crippen LogP contribution is 2.24. The van der Waals surface area contributed by atoms with Gasteiger partial charge in [-0.2, -0.15) is 0 Å². The zero-order valence-corrected chi connectivity index (χ0v) is 8.25. The number of hydrogen-bond donors (Lipinski definition) is 0. The van der Waals surface area contributed by atoms with E-state index in [1.807, 2.05) is 0 Å². The van der Waals surface area contributed by atoms with Crippen molar-refractivity contribution in [2.24, 2.45) is 0 Å². The topological polar surface area (TPSA) is 48.4 Å². The van der Waals surface area contributed by atoms with E-state index in [1.165, 1.54) is 6.07 Å². The second kappa shape index (κ2) is 4.82. The predicted molar refractivity (Wildman–Crippen MR) is 46.9 cm³/mol. The maximum Gasteiger partial charge on any atom is 0.574 e. The lowest BCUT2D eigenvalue weighted by atomic mass is 10.3. The highest BCUT2D eigenvalue weighted by molar-refractivity contribution is 5.91. The lowest BCUT2D eigenvalue weighted by Crippen LogP contribution is -2.20. The van der Waals surface area contributed by atoms with E-state index in [-0.39, 0.29) is 12.2 Å². The van der Waals surface area contributed by atoms with Crippen molar-refractivity contribution in [2.45, 2.75) is 13.3 Å². The van der Waals surface area contributed by atoms with Crippen LogP contribution in [-0.4, -0.2) is 23.9 Å². The van der Waals surface area contributed by atoms with Crippen LogP contribution in [0.1, 0.15) is 17.3 Å². The van der Waals surface area contributed by atoms with E-state index >= 15 is 0 Å². The summed E-state index contributed by atoms with van der Waals surface area (Å²) in [5.74, 6) is -1.72. The molecule has 0 bridgehead atoms. The van der Waals surface area contributed by atoms with Crippen LogP contribution in [0.15, 0.2) is 18.3 Å². The van der Waals surface area contributed by atoms with Gasteiger partial charge in [0, 0.05) is 6.20 Å². The fourth-order valence-electron chi connectivity index (χ4n) is 0.946. The Labute approximate surface area is 89.0 Å². The molecule has 0 aliphatic heterocycles. The van der Waals surface area contributed by atoms with E-state index in [1.54, 1.807) is 6.92 Å². The Morgan fingerprint density at radius 2 is 2.19 bits per heavy atom. The van der Waals surface area contributed by atoms with Gasteiger partial charge < -0.3 is 9.47 Å². The van der Waals surface area contributed by atoms with Gasteiger partial charge in [-0.05, 0) is 19.1 Å². The summed E-state index contributed by atoms with van der Waals surface area (Å²) >= 11 is 0. The van der Waals surface area contributed by atoms with Gasteiger partial charge in [0.15, 0.2) is 0 Å². The van der Waals surface area contributed by atoms with Crippen LogP contribution in [0.4, 0.5) is 13.2 Å². The zero-order valence-electron chi connectivity index (χ0n) is 8.25. The van der Waals surface area contributed by atoms with Crippen molar-refractivity contribution >= 4 is 5.97 Å². The molecule has 7 heteroatoms.